The van der Waals surface area contributed by atoms with Gasteiger partial charge in [-0.05, 0) is 24.8 Å². The summed E-state index contributed by atoms with van der Waals surface area (Å²) < 4.78 is 16.3. The van der Waals surface area contributed by atoms with Crippen LogP contribution in [0.3, 0.4) is 0 Å². The van der Waals surface area contributed by atoms with Crippen molar-refractivity contribution < 1.29 is 14.2 Å². The Morgan fingerprint density at radius 2 is 1.33 bits per heavy atom. The molecule has 0 aliphatic heterocycles. The van der Waals surface area contributed by atoms with Gasteiger partial charge in [-0.15, -0.1) is 0 Å². The molecule has 0 rings (SSSR count). The van der Waals surface area contributed by atoms with Crippen molar-refractivity contribution in [2.45, 2.75) is 40.0 Å². The van der Waals surface area contributed by atoms with Gasteiger partial charge >= 0.3 is 0 Å². The summed E-state index contributed by atoms with van der Waals surface area (Å²) in [5.41, 5.74) is 5.82. The minimum atomic E-state index is 0.175. The Morgan fingerprint density at radius 1 is 0.833 bits per heavy atom. The molecule has 0 aromatic carbocycles. The molecule has 18 heavy (non-hydrogen) atoms. The number of rotatable bonds is 13. The number of hydrogen-bond donors (Lipinski definition) is 1. The Bertz CT molecular complexity index is 174. The first-order valence-electron chi connectivity index (χ1n) is 7.05. The van der Waals surface area contributed by atoms with E-state index in [1.54, 1.807) is 0 Å². The van der Waals surface area contributed by atoms with Crippen molar-refractivity contribution in [3.63, 3.8) is 0 Å². The Hall–Kier alpha value is -0.160. The van der Waals surface area contributed by atoms with Crippen molar-refractivity contribution in [1.29, 1.82) is 0 Å². The molecule has 2 N–H and O–H groups in total. The van der Waals surface area contributed by atoms with Crippen LogP contribution < -0.4 is 5.73 Å². The molecule has 0 aromatic rings. The van der Waals surface area contributed by atoms with Gasteiger partial charge in [0.05, 0.1) is 26.4 Å². The average Bonchev–Trinajstić information content (AvgIpc) is 2.36. The summed E-state index contributed by atoms with van der Waals surface area (Å²) in [5, 5.41) is 0. The fraction of sp³-hybridized carbons (Fsp3) is 1.00. The van der Waals surface area contributed by atoms with Gasteiger partial charge in [0.25, 0.3) is 0 Å². The number of hydrogen-bond acceptors (Lipinski definition) is 4. The smallest absolute Gasteiger partial charge is 0.0701 e. The van der Waals surface area contributed by atoms with Gasteiger partial charge in [-0.1, -0.05) is 27.2 Å². The molecule has 0 fully saturated rings. The number of ether oxygens (including phenoxy) is 3. The van der Waals surface area contributed by atoms with E-state index < -0.39 is 0 Å². The molecule has 0 aliphatic carbocycles. The Labute approximate surface area is 112 Å². The maximum absolute atomic E-state index is 5.64. The van der Waals surface area contributed by atoms with Crippen molar-refractivity contribution in [3.8, 4) is 0 Å². The molecule has 0 saturated carbocycles. The van der Waals surface area contributed by atoms with Gasteiger partial charge in [0.1, 0.15) is 0 Å². The highest BCUT2D eigenvalue weighted by Crippen LogP contribution is 2.17. The predicted molar refractivity (Wildman–Crippen MR) is 74.8 cm³/mol. The molecule has 4 nitrogen and oxygen atoms in total. The van der Waals surface area contributed by atoms with Crippen molar-refractivity contribution >= 4 is 0 Å². The Balaban J connectivity index is 3.08. The normalized spacial score (nSPS) is 12.0. The van der Waals surface area contributed by atoms with E-state index in [1.165, 1.54) is 6.42 Å². The first kappa shape index (κ1) is 17.8. The summed E-state index contributed by atoms with van der Waals surface area (Å²) >= 11 is 0. The molecular formula is C14H31NO3. The van der Waals surface area contributed by atoms with E-state index in [9.17, 15) is 0 Å². The van der Waals surface area contributed by atoms with Gasteiger partial charge in [0.15, 0.2) is 0 Å². The molecular weight excluding hydrogens is 230 g/mol. The molecule has 110 valence electrons. The summed E-state index contributed by atoms with van der Waals surface area (Å²) in [6.45, 7) is 11.4. The van der Waals surface area contributed by atoms with Crippen LogP contribution in [0.15, 0.2) is 0 Å². The average molecular weight is 261 g/mol. The number of nitrogens with two attached hydrogens (primary N) is 1. The third-order valence-electron chi connectivity index (χ3n) is 2.86. The van der Waals surface area contributed by atoms with Gasteiger partial charge in [-0.3, -0.25) is 0 Å². The molecule has 0 atom stereocenters. The lowest BCUT2D eigenvalue weighted by atomic mass is 9.90. The van der Waals surface area contributed by atoms with Crippen LogP contribution in [0, 0.1) is 5.41 Å². The highest BCUT2D eigenvalue weighted by Gasteiger charge is 2.14. The summed E-state index contributed by atoms with van der Waals surface area (Å²) in [5.74, 6) is 0. The third-order valence-corrected chi connectivity index (χ3v) is 2.86. The molecule has 0 unspecified atom stereocenters. The van der Waals surface area contributed by atoms with Crippen LogP contribution >= 0.6 is 0 Å². The van der Waals surface area contributed by atoms with Gasteiger partial charge in [-0.25, -0.2) is 0 Å². The lowest BCUT2D eigenvalue weighted by Gasteiger charge is -2.21. The standard InChI is InChI=1S/C14H31NO3/c1-4-5-7-16-9-11-18-12-10-17-8-6-14(2,3)13-15/h4-13,15H2,1-3H3. The first-order chi connectivity index (χ1) is 8.62. The summed E-state index contributed by atoms with van der Waals surface area (Å²) in [7, 11) is 0. The highest BCUT2D eigenvalue weighted by atomic mass is 16.5. The van der Waals surface area contributed by atoms with E-state index in [4.69, 9.17) is 19.9 Å². The molecule has 0 aliphatic rings. The minimum Gasteiger partial charge on any atom is -0.379 e. The Kier molecular flexibility index (Phi) is 11.8. The van der Waals surface area contributed by atoms with E-state index in [-0.39, 0.29) is 5.41 Å². The monoisotopic (exact) mass is 261 g/mol. The molecule has 0 aromatic heterocycles. The zero-order chi connectivity index (χ0) is 13.7. The number of unbranched alkanes of at least 4 members (excludes halogenated alkanes) is 1. The van der Waals surface area contributed by atoms with Gasteiger partial charge in [0.2, 0.25) is 0 Å². The van der Waals surface area contributed by atoms with Crippen molar-refractivity contribution in [2.24, 2.45) is 11.1 Å². The molecule has 0 bridgehead atoms. The topological polar surface area (TPSA) is 53.7 Å². The fourth-order valence-corrected chi connectivity index (χ4v) is 1.24. The minimum absolute atomic E-state index is 0.175. The second kappa shape index (κ2) is 11.9. The predicted octanol–water partition coefficient (Wildman–Crippen LogP) is 2.21. The van der Waals surface area contributed by atoms with Gasteiger partial charge in [-0.2, -0.15) is 0 Å². The van der Waals surface area contributed by atoms with Crippen LogP contribution in [0.2, 0.25) is 0 Å². The van der Waals surface area contributed by atoms with E-state index in [0.29, 0.717) is 33.0 Å². The molecule has 0 saturated heterocycles. The zero-order valence-corrected chi connectivity index (χ0v) is 12.4. The van der Waals surface area contributed by atoms with E-state index >= 15 is 0 Å². The molecule has 0 radical (unpaired) electrons. The first-order valence-corrected chi connectivity index (χ1v) is 7.05. The lowest BCUT2D eigenvalue weighted by molar-refractivity contribution is 0.00965. The SMILES string of the molecule is CCCCOCCOCCOCCC(C)(C)CN. The van der Waals surface area contributed by atoms with Crippen LogP contribution in [0.25, 0.3) is 0 Å². The van der Waals surface area contributed by atoms with E-state index in [1.807, 2.05) is 0 Å². The maximum Gasteiger partial charge on any atom is 0.0701 e. The molecule has 0 amide bonds. The summed E-state index contributed by atoms with van der Waals surface area (Å²) in [6, 6.07) is 0. The van der Waals surface area contributed by atoms with Crippen molar-refractivity contribution in [1.82, 2.24) is 0 Å². The van der Waals surface area contributed by atoms with Gasteiger partial charge in [0, 0.05) is 13.2 Å². The fourth-order valence-electron chi connectivity index (χ4n) is 1.24. The van der Waals surface area contributed by atoms with Crippen LogP contribution in [0.1, 0.15) is 40.0 Å². The quantitative estimate of drug-likeness (QED) is 0.516. The van der Waals surface area contributed by atoms with Crippen LogP contribution in [0.5, 0.6) is 0 Å². The maximum atomic E-state index is 5.64. The lowest BCUT2D eigenvalue weighted by Crippen LogP contribution is -2.25. The van der Waals surface area contributed by atoms with E-state index in [2.05, 4.69) is 20.8 Å². The zero-order valence-electron chi connectivity index (χ0n) is 12.4. The summed E-state index contributed by atoms with van der Waals surface area (Å²) in [4.78, 5) is 0. The second-order valence-corrected chi connectivity index (χ2v) is 5.31. The van der Waals surface area contributed by atoms with Crippen molar-refractivity contribution in [2.75, 3.05) is 46.2 Å². The third kappa shape index (κ3) is 12.3. The van der Waals surface area contributed by atoms with Crippen molar-refractivity contribution in [3.05, 3.63) is 0 Å². The second-order valence-electron chi connectivity index (χ2n) is 5.31. The van der Waals surface area contributed by atoms with Crippen LogP contribution in [-0.4, -0.2) is 46.2 Å². The van der Waals surface area contributed by atoms with E-state index in [0.717, 1.165) is 26.1 Å². The molecule has 4 heteroatoms. The molecule has 0 spiro atoms. The molecule has 0 heterocycles. The largest absolute Gasteiger partial charge is 0.379 e. The van der Waals surface area contributed by atoms with Crippen LogP contribution in [0.4, 0.5) is 0 Å². The van der Waals surface area contributed by atoms with Gasteiger partial charge < -0.3 is 19.9 Å². The summed E-state index contributed by atoms with van der Waals surface area (Å²) in [6.07, 6.45) is 3.29. The Morgan fingerprint density at radius 3 is 1.83 bits per heavy atom. The highest BCUT2D eigenvalue weighted by molar-refractivity contribution is 4.68. The van der Waals surface area contributed by atoms with Crippen LogP contribution in [-0.2, 0) is 14.2 Å².